The second-order valence-corrected chi connectivity index (χ2v) is 2.90. The van der Waals surface area contributed by atoms with Crippen molar-refractivity contribution in [3.63, 3.8) is 0 Å². The van der Waals surface area contributed by atoms with E-state index in [4.69, 9.17) is 0 Å². The van der Waals surface area contributed by atoms with Crippen molar-refractivity contribution in [3.05, 3.63) is 0 Å². The third-order valence-corrected chi connectivity index (χ3v) is 2.00. The minimum Gasteiger partial charge on any atom is -0.105 e. The Labute approximate surface area is 67.0 Å². The van der Waals surface area contributed by atoms with E-state index in [-0.39, 0.29) is 5.76 Å². The molecule has 1 nitrogen and oxygen atoms in total. The molecule has 1 N–H and O–H groups in total. The van der Waals surface area contributed by atoms with Crippen molar-refractivity contribution in [1.82, 2.24) is 5.76 Å². The fraction of sp³-hybridized carbons (Fsp3) is 1.00. The second kappa shape index (κ2) is 9.82. The number of hydrogen-bond acceptors (Lipinski definition) is 1. The Hall–Kier alpha value is -0.180. The lowest BCUT2D eigenvalue weighted by molar-refractivity contribution is 0.130. The molecule has 1 saturated carbocycles. The van der Waals surface area contributed by atoms with Crippen molar-refractivity contribution in [3.8, 4) is 0 Å². The predicted octanol–water partition coefficient (Wildman–Crippen LogP) is 3.47. The zero-order valence-electron chi connectivity index (χ0n) is 6.91. The minimum absolute atomic E-state index is 0.250. The van der Waals surface area contributed by atoms with Gasteiger partial charge in [0, 0.05) is 5.76 Å². The molecular formula is C8H17F2N. The molecule has 1 aliphatic carbocycles. The molecule has 0 aromatic carbocycles. The summed E-state index contributed by atoms with van der Waals surface area (Å²) in [6.07, 6.45) is 12.0. The Morgan fingerprint density at radius 1 is 0.545 bits per heavy atom. The first-order chi connectivity index (χ1) is 5.41. The third kappa shape index (κ3) is 9.82. The molecule has 1 rings (SSSR count). The molecule has 1 fully saturated rings. The molecule has 3 heteroatoms. The Bertz CT molecular complexity index is 45.1. The van der Waals surface area contributed by atoms with Crippen LogP contribution in [-0.2, 0) is 0 Å². The molecule has 0 aromatic rings. The molecular weight excluding hydrogens is 148 g/mol. The van der Waals surface area contributed by atoms with E-state index in [0.717, 1.165) is 0 Å². The zero-order chi connectivity index (χ0) is 8.36. The Kier molecular flexibility index (Phi) is 9.66. The van der Waals surface area contributed by atoms with Crippen molar-refractivity contribution < 1.29 is 8.96 Å². The van der Waals surface area contributed by atoms with Gasteiger partial charge in [0.05, 0.1) is 0 Å². The summed E-state index contributed by atoms with van der Waals surface area (Å²) in [5.74, 6) is -0.250. The van der Waals surface area contributed by atoms with Gasteiger partial charge in [-0.2, -0.15) is 0 Å². The minimum atomic E-state index is -0.250. The van der Waals surface area contributed by atoms with Gasteiger partial charge in [-0.1, -0.05) is 51.4 Å². The van der Waals surface area contributed by atoms with Gasteiger partial charge in [-0.05, 0) is 0 Å². The number of halogens is 2. The van der Waals surface area contributed by atoms with Crippen LogP contribution in [0.1, 0.15) is 51.4 Å². The van der Waals surface area contributed by atoms with E-state index in [0.29, 0.717) is 0 Å². The molecule has 0 aliphatic heterocycles. The number of rotatable bonds is 0. The molecule has 0 amide bonds. The van der Waals surface area contributed by atoms with E-state index in [1.54, 1.807) is 0 Å². The van der Waals surface area contributed by atoms with Gasteiger partial charge in [0.2, 0.25) is 0 Å². The summed E-state index contributed by atoms with van der Waals surface area (Å²) in [6.45, 7) is 0. The van der Waals surface area contributed by atoms with E-state index in [1.165, 1.54) is 51.4 Å². The topological polar surface area (TPSA) is 12.0 Å². The van der Waals surface area contributed by atoms with E-state index in [2.05, 4.69) is 0 Å². The Balaban J connectivity index is 0.000000292. The maximum Gasteiger partial charge on any atom is 0.00810 e. The lowest BCUT2D eigenvalue weighted by Crippen LogP contribution is -1.85. The number of hydrogen-bond donors (Lipinski definition) is 1. The fourth-order valence-corrected chi connectivity index (χ4v) is 1.41. The van der Waals surface area contributed by atoms with Crippen LogP contribution in [0, 0.1) is 0 Å². The molecule has 0 bridgehead atoms. The molecule has 68 valence electrons. The molecule has 0 unspecified atom stereocenters. The van der Waals surface area contributed by atoms with Crippen molar-refractivity contribution in [2.24, 2.45) is 0 Å². The van der Waals surface area contributed by atoms with Gasteiger partial charge < -0.3 is 0 Å². The molecule has 0 spiro atoms. The SMILES string of the molecule is C1CCCCCCC1.FNF. The smallest absolute Gasteiger partial charge is 0.00810 e. The highest BCUT2D eigenvalue weighted by molar-refractivity contribution is 4.51. The molecule has 1 aliphatic rings. The summed E-state index contributed by atoms with van der Waals surface area (Å²) in [5.41, 5.74) is 0. The van der Waals surface area contributed by atoms with Crippen LogP contribution in [0.25, 0.3) is 0 Å². The van der Waals surface area contributed by atoms with Crippen LogP contribution >= 0.6 is 0 Å². The highest BCUT2D eigenvalue weighted by atomic mass is 19.4. The fourth-order valence-electron chi connectivity index (χ4n) is 1.41. The highest BCUT2D eigenvalue weighted by Crippen LogP contribution is 2.15. The van der Waals surface area contributed by atoms with Gasteiger partial charge in [0.1, 0.15) is 0 Å². The van der Waals surface area contributed by atoms with Gasteiger partial charge in [-0.25, -0.2) is 0 Å². The summed E-state index contributed by atoms with van der Waals surface area (Å²) in [6, 6.07) is 0. The maximum atomic E-state index is 9.38. The van der Waals surface area contributed by atoms with Gasteiger partial charge in [0.15, 0.2) is 0 Å². The van der Waals surface area contributed by atoms with Crippen LogP contribution in [0.5, 0.6) is 0 Å². The lowest BCUT2D eigenvalue weighted by atomic mass is 10.0. The van der Waals surface area contributed by atoms with Crippen molar-refractivity contribution in [2.45, 2.75) is 51.4 Å². The van der Waals surface area contributed by atoms with Crippen LogP contribution < -0.4 is 5.76 Å². The van der Waals surface area contributed by atoms with Gasteiger partial charge >= 0.3 is 0 Å². The van der Waals surface area contributed by atoms with Gasteiger partial charge in [0.25, 0.3) is 0 Å². The highest BCUT2D eigenvalue weighted by Gasteiger charge is 1.95. The molecule has 11 heavy (non-hydrogen) atoms. The first kappa shape index (κ1) is 10.8. The summed E-state index contributed by atoms with van der Waals surface area (Å²) in [5, 5.41) is 0. The average molecular weight is 165 g/mol. The monoisotopic (exact) mass is 165 g/mol. The average Bonchev–Trinajstić information content (AvgIpc) is 1.86. The first-order valence-electron chi connectivity index (χ1n) is 4.38. The van der Waals surface area contributed by atoms with Crippen molar-refractivity contribution >= 4 is 0 Å². The molecule has 0 atom stereocenters. The molecule has 0 heterocycles. The summed E-state index contributed by atoms with van der Waals surface area (Å²) < 4.78 is 18.8. The van der Waals surface area contributed by atoms with Crippen molar-refractivity contribution in [1.29, 1.82) is 0 Å². The Morgan fingerprint density at radius 3 is 0.727 bits per heavy atom. The first-order valence-corrected chi connectivity index (χ1v) is 4.38. The predicted molar refractivity (Wildman–Crippen MR) is 42.3 cm³/mol. The van der Waals surface area contributed by atoms with E-state index >= 15 is 0 Å². The Morgan fingerprint density at radius 2 is 0.636 bits per heavy atom. The van der Waals surface area contributed by atoms with Crippen LogP contribution in [0.3, 0.4) is 0 Å². The van der Waals surface area contributed by atoms with Crippen molar-refractivity contribution in [2.75, 3.05) is 0 Å². The van der Waals surface area contributed by atoms with Gasteiger partial charge in [-0.3, -0.25) is 0 Å². The van der Waals surface area contributed by atoms with E-state index in [1.807, 2.05) is 0 Å². The van der Waals surface area contributed by atoms with Crippen LogP contribution in [0.4, 0.5) is 8.96 Å². The van der Waals surface area contributed by atoms with E-state index < -0.39 is 0 Å². The van der Waals surface area contributed by atoms with Crippen LogP contribution in [0.2, 0.25) is 0 Å². The largest absolute Gasteiger partial charge is 0.105 e. The van der Waals surface area contributed by atoms with Crippen LogP contribution in [0.15, 0.2) is 0 Å². The molecule has 0 aromatic heterocycles. The van der Waals surface area contributed by atoms with Gasteiger partial charge in [-0.15, -0.1) is 8.96 Å². The standard InChI is InChI=1S/C8H16.F2HN/c1-2-4-6-8-7-5-3-1;1-3-2/h1-8H2;3H. The zero-order valence-corrected chi connectivity index (χ0v) is 6.91. The normalized spacial score (nSPS) is 19.1. The third-order valence-electron chi connectivity index (χ3n) is 2.00. The summed E-state index contributed by atoms with van der Waals surface area (Å²) >= 11 is 0. The molecule has 0 saturated heterocycles. The quantitative estimate of drug-likeness (QED) is 0.542. The second-order valence-electron chi connectivity index (χ2n) is 2.90. The summed E-state index contributed by atoms with van der Waals surface area (Å²) in [7, 11) is 0. The maximum absolute atomic E-state index is 9.38. The summed E-state index contributed by atoms with van der Waals surface area (Å²) in [4.78, 5) is 0. The van der Waals surface area contributed by atoms with E-state index in [9.17, 15) is 8.96 Å². The lowest BCUT2D eigenvalue weighted by Gasteiger charge is -2.05. The molecule has 0 radical (unpaired) electrons. The number of nitrogens with one attached hydrogen (secondary N) is 1. The van der Waals surface area contributed by atoms with Crippen LogP contribution in [-0.4, -0.2) is 0 Å².